The van der Waals surface area contributed by atoms with Gasteiger partial charge in [-0.15, -0.1) is 0 Å². The minimum Gasteiger partial charge on any atom is -0.748 e. The number of unbranched alkanes of at least 4 members (excludes halogenated alkanes) is 2. The molecule has 0 aromatic rings. The first-order valence-corrected chi connectivity index (χ1v) is 11.0. The van der Waals surface area contributed by atoms with E-state index in [2.05, 4.69) is 0 Å². The van der Waals surface area contributed by atoms with Crippen LogP contribution >= 0.6 is 21.6 Å². The average molecular weight is 336 g/mol. The predicted molar refractivity (Wildman–Crippen MR) is 72.5 cm³/mol. The summed E-state index contributed by atoms with van der Waals surface area (Å²) >= 11 is 0. The molecule has 0 saturated carbocycles. The van der Waals surface area contributed by atoms with Gasteiger partial charge in [0, 0.05) is 23.0 Å². The van der Waals surface area contributed by atoms with Gasteiger partial charge in [-0.2, -0.15) is 0 Å². The van der Waals surface area contributed by atoms with E-state index < -0.39 is 20.2 Å². The van der Waals surface area contributed by atoms with Crippen molar-refractivity contribution in [3.63, 3.8) is 0 Å². The van der Waals surface area contributed by atoms with Crippen LogP contribution in [0.5, 0.6) is 0 Å². The molecule has 18 heavy (non-hydrogen) atoms. The Balaban J connectivity index is 3.22. The van der Waals surface area contributed by atoms with Gasteiger partial charge in [-0.1, -0.05) is 21.6 Å². The van der Waals surface area contributed by atoms with E-state index in [1.54, 1.807) is 21.6 Å². The zero-order valence-electron chi connectivity index (χ0n) is 9.74. The number of rotatable bonds is 11. The smallest absolute Gasteiger partial charge is 0.0945 e. The fraction of sp³-hybridized carbons (Fsp3) is 1.00. The van der Waals surface area contributed by atoms with E-state index >= 15 is 0 Å². The SMILES string of the molecule is O=S(=O)([O-])CCCCSSCCCCS(=O)(=O)[O-]. The standard InChI is InChI=1S/C8H18O6S4/c9-17(10,11)7-3-1-5-15-16-6-2-4-8-18(12,13)14/h1-8H2,(H,9,10,11)(H,12,13,14)/p-2. The highest BCUT2D eigenvalue weighted by molar-refractivity contribution is 8.76. The van der Waals surface area contributed by atoms with Crippen LogP contribution in [0.3, 0.4) is 0 Å². The zero-order valence-corrected chi connectivity index (χ0v) is 13.0. The van der Waals surface area contributed by atoms with Crippen LogP contribution in [0.1, 0.15) is 25.7 Å². The lowest BCUT2D eigenvalue weighted by molar-refractivity contribution is 0.458. The molecule has 0 aliphatic heterocycles. The lowest BCUT2D eigenvalue weighted by atomic mass is 10.4. The average Bonchev–Trinajstić information content (AvgIpc) is 2.17. The molecular formula is C8H16O6S4-2. The molecule has 0 aliphatic carbocycles. The van der Waals surface area contributed by atoms with E-state index in [0.29, 0.717) is 25.7 Å². The van der Waals surface area contributed by atoms with Crippen LogP contribution in [0.25, 0.3) is 0 Å². The first-order valence-electron chi connectivity index (χ1n) is 5.32. The van der Waals surface area contributed by atoms with Crippen molar-refractivity contribution in [1.29, 1.82) is 0 Å². The molecule has 6 nitrogen and oxygen atoms in total. The molecule has 0 heterocycles. The minimum absolute atomic E-state index is 0.320. The topological polar surface area (TPSA) is 114 Å². The quantitative estimate of drug-likeness (QED) is 0.312. The molecule has 0 rings (SSSR count). The summed E-state index contributed by atoms with van der Waals surface area (Å²) in [5.41, 5.74) is 0. The van der Waals surface area contributed by atoms with Gasteiger partial charge < -0.3 is 9.11 Å². The summed E-state index contributed by atoms with van der Waals surface area (Å²) in [6, 6.07) is 0. The largest absolute Gasteiger partial charge is 0.748 e. The van der Waals surface area contributed by atoms with Crippen LogP contribution in [0, 0.1) is 0 Å². The molecule has 0 aromatic heterocycles. The third-order valence-electron chi connectivity index (χ3n) is 1.83. The van der Waals surface area contributed by atoms with Crippen molar-refractivity contribution in [1.82, 2.24) is 0 Å². The van der Waals surface area contributed by atoms with Gasteiger partial charge in [-0.05, 0) is 25.7 Å². The van der Waals surface area contributed by atoms with Crippen LogP contribution in [0.15, 0.2) is 0 Å². The van der Waals surface area contributed by atoms with Crippen LogP contribution in [0.4, 0.5) is 0 Å². The minimum atomic E-state index is -4.10. The Labute approximate surface area is 116 Å². The second-order valence-electron chi connectivity index (χ2n) is 3.58. The first kappa shape index (κ1) is 18.5. The van der Waals surface area contributed by atoms with E-state index in [1.807, 2.05) is 0 Å². The van der Waals surface area contributed by atoms with E-state index in [1.165, 1.54) is 0 Å². The van der Waals surface area contributed by atoms with Gasteiger partial charge in [-0.3, -0.25) is 0 Å². The lowest BCUT2D eigenvalue weighted by Gasteiger charge is -2.06. The van der Waals surface area contributed by atoms with Crippen molar-refractivity contribution in [2.75, 3.05) is 23.0 Å². The predicted octanol–water partition coefficient (Wildman–Crippen LogP) is 1.02. The van der Waals surface area contributed by atoms with Gasteiger partial charge in [0.25, 0.3) is 0 Å². The normalized spacial score (nSPS) is 12.8. The Morgan fingerprint density at radius 1 is 0.667 bits per heavy atom. The van der Waals surface area contributed by atoms with Crippen LogP contribution < -0.4 is 0 Å². The lowest BCUT2D eigenvalue weighted by Crippen LogP contribution is -2.04. The zero-order chi connectivity index (χ0) is 14.1. The Morgan fingerprint density at radius 3 is 1.28 bits per heavy atom. The summed E-state index contributed by atoms with van der Waals surface area (Å²) in [4.78, 5) is 0. The molecule has 0 unspecified atom stereocenters. The van der Waals surface area contributed by atoms with Gasteiger partial charge in [0.2, 0.25) is 0 Å². The molecule has 10 heteroatoms. The van der Waals surface area contributed by atoms with Crippen LogP contribution in [-0.4, -0.2) is 49.0 Å². The molecule has 0 aromatic carbocycles. The van der Waals surface area contributed by atoms with Gasteiger partial charge in [-0.25, -0.2) is 16.8 Å². The molecule has 0 bridgehead atoms. The van der Waals surface area contributed by atoms with Crippen LogP contribution in [-0.2, 0) is 20.2 Å². The third kappa shape index (κ3) is 16.5. The van der Waals surface area contributed by atoms with Gasteiger partial charge in [0.15, 0.2) is 0 Å². The fourth-order valence-corrected chi connectivity index (χ4v) is 4.41. The van der Waals surface area contributed by atoms with Crippen molar-refractivity contribution < 1.29 is 25.9 Å². The Bertz CT molecular complexity index is 361. The van der Waals surface area contributed by atoms with Crippen molar-refractivity contribution >= 4 is 41.8 Å². The Morgan fingerprint density at radius 2 is 1.00 bits per heavy atom. The number of hydrogen-bond donors (Lipinski definition) is 0. The van der Waals surface area contributed by atoms with E-state index in [0.717, 1.165) is 11.5 Å². The van der Waals surface area contributed by atoms with Crippen LogP contribution in [0.2, 0.25) is 0 Å². The van der Waals surface area contributed by atoms with E-state index in [-0.39, 0.29) is 11.5 Å². The second-order valence-corrected chi connectivity index (χ2v) is 9.33. The maximum atomic E-state index is 10.3. The molecule has 0 radical (unpaired) electrons. The van der Waals surface area contributed by atoms with Crippen molar-refractivity contribution in [3.05, 3.63) is 0 Å². The van der Waals surface area contributed by atoms with E-state index in [9.17, 15) is 25.9 Å². The maximum absolute atomic E-state index is 10.3. The second kappa shape index (κ2) is 9.43. The Kier molecular flexibility index (Phi) is 9.70. The highest BCUT2D eigenvalue weighted by Crippen LogP contribution is 2.23. The molecule has 0 amide bonds. The summed E-state index contributed by atoms with van der Waals surface area (Å²) in [7, 11) is -5.08. The molecule has 0 aliphatic rings. The number of hydrogen-bond acceptors (Lipinski definition) is 8. The van der Waals surface area contributed by atoms with Gasteiger partial charge in [0.05, 0.1) is 20.2 Å². The fourth-order valence-electron chi connectivity index (χ4n) is 0.998. The summed E-state index contributed by atoms with van der Waals surface area (Å²) in [6.45, 7) is 0. The molecule has 0 N–H and O–H groups in total. The van der Waals surface area contributed by atoms with E-state index in [4.69, 9.17) is 0 Å². The molecular weight excluding hydrogens is 320 g/mol. The van der Waals surface area contributed by atoms with Crippen molar-refractivity contribution in [2.24, 2.45) is 0 Å². The molecule has 0 fully saturated rings. The van der Waals surface area contributed by atoms with Gasteiger partial charge in [0.1, 0.15) is 0 Å². The summed E-state index contributed by atoms with van der Waals surface area (Å²) in [5, 5.41) is 0. The Hall–Kier alpha value is 0.520. The maximum Gasteiger partial charge on any atom is 0.0945 e. The summed E-state index contributed by atoms with van der Waals surface area (Å²) in [5.74, 6) is 0.860. The van der Waals surface area contributed by atoms with Crippen molar-refractivity contribution in [3.8, 4) is 0 Å². The molecule has 0 spiro atoms. The summed E-state index contributed by atoms with van der Waals surface area (Å²) in [6.07, 6.45) is 2.06. The van der Waals surface area contributed by atoms with Crippen molar-refractivity contribution in [2.45, 2.75) is 25.7 Å². The monoisotopic (exact) mass is 336 g/mol. The highest BCUT2D eigenvalue weighted by Gasteiger charge is 1.98. The first-order chi connectivity index (χ1) is 8.21. The third-order valence-corrected chi connectivity index (χ3v) is 5.98. The molecule has 0 saturated heterocycles. The summed E-state index contributed by atoms with van der Waals surface area (Å²) < 4.78 is 61.7. The van der Waals surface area contributed by atoms with Gasteiger partial charge >= 0.3 is 0 Å². The molecule has 110 valence electrons. The molecule has 0 atom stereocenters. The highest BCUT2D eigenvalue weighted by atomic mass is 33.1.